The Morgan fingerprint density at radius 2 is 2.12 bits per heavy atom. The van der Waals surface area contributed by atoms with E-state index in [1.165, 1.54) is 18.2 Å². The summed E-state index contributed by atoms with van der Waals surface area (Å²) in [6.45, 7) is 0. The standard InChI is InChI=1S/C14H16O2/c1-16-14(15)10-12-8-5-9-13(12)11-6-3-2-4-7-11/h2-4,6-7,10,13H,5,8-9H2,1H3/b12-10-. The Kier molecular flexibility index (Phi) is 3.40. The third-order valence-corrected chi connectivity index (χ3v) is 3.11. The highest BCUT2D eigenvalue weighted by Crippen LogP contribution is 2.38. The maximum atomic E-state index is 11.2. The van der Waals surface area contributed by atoms with Gasteiger partial charge in [-0.05, 0) is 24.8 Å². The van der Waals surface area contributed by atoms with Crippen LogP contribution in [-0.4, -0.2) is 13.1 Å². The number of esters is 1. The van der Waals surface area contributed by atoms with Gasteiger partial charge in [-0.3, -0.25) is 0 Å². The molecule has 0 heterocycles. The first kappa shape index (κ1) is 10.9. The number of carbonyl (C=O) groups excluding carboxylic acids is 1. The fourth-order valence-corrected chi connectivity index (χ4v) is 2.32. The van der Waals surface area contributed by atoms with E-state index in [0.29, 0.717) is 5.92 Å². The number of ether oxygens (including phenoxy) is 1. The van der Waals surface area contributed by atoms with Gasteiger partial charge >= 0.3 is 5.97 Å². The van der Waals surface area contributed by atoms with Crippen LogP contribution in [0.15, 0.2) is 42.0 Å². The van der Waals surface area contributed by atoms with Crippen LogP contribution in [0.3, 0.4) is 0 Å². The molecule has 0 aliphatic heterocycles. The van der Waals surface area contributed by atoms with Gasteiger partial charge in [-0.1, -0.05) is 35.9 Å². The first-order chi connectivity index (χ1) is 7.81. The molecule has 1 aromatic carbocycles. The molecule has 1 unspecified atom stereocenters. The van der Waals surface area contributed by atoms with E-state index in [4.69, 9.17) is 0 Å². The summed E-state index contributed by atoms with van der Waals surface area (Å²) in [6.07, 6.45) is 4.95. The first-order valence-corrected chi connectivity index (χ1v) is 5.64. The van der Waals surface area contributed by atoms with Crippen molar-refractivity contribution in [2.45, 2.75) is 25.2 Å². The second-order valence-electron chi connectivity index (χ2n) is 4.10. The molecule has 1 aliphatic carbocycles. The van der Waals surface area contributed by atoms with E-state index in [1.54, 1.807) is 6.08 Å². The third-order valence-electron chi connectivity index (χ3n) is 3.11. The highest BCUT2D eigenvalue weighted by atomic mass is 16.5. The maximum absolute atomic E-state index is 11.2. The van der Waals surface area contributed by atoms with Crippen molar-refractivity contribution in [2.24, 2.45) is 0 Å². The van der Waals surface area contributed by atoms with E-state index in [9.17, 15) is 4.79 Å². The second-order valence-corrected chi connectivity index (χ2v) is 4.10. The molecule has 1 fully saturated rings. The molecule has 84 valence electrons. The SMILES string of the molecule is COC(=O)/C=C1/CCCC1c1ccccc1. The Hall–Kier alpha value is -1.57. The fraction of sp³-hybridized carbons (Fsp3) is 0.357. The topological polar surface area (TPSA) is 26.3 Å². The average molecular weight is 216 g/mol. The molecule has 16 heavy (non-hydrogen) atoms. The van der Waals surface area contributed by atoms with Crippen LogP contribution in [0.1, 0.15) is 30.7 Å². The van der Waals surface area contributed by atoms with Gasteiger partial charge in [0.25, 0.3) is 0 Å². The molecular formula is C14H16O2. The lowest BCUT2D eigenvalue weighted by Gasteiger charge is -2.11. The average Bonchev–Trinajstić information content (AvgIpc) is 2.78. The van der Waals surface area contributed by atoms with Crippen molar-refractivity contribution in [1.29, 1.82) is 0 Å². The molecule has 2 heteroatoms. The highest BCUT2D eigenvalue weighted by molar-refractivity contribution is 5.83. The second kappa shape index (κ2) is 4.97. The summed E-state index contributed by atoms with van der Waals surface area (Å²) in [5.74, 6) is 0.165. The molecule has 1 atom stereocenters. The van der Waals surface area contributed by atoms with Crippen LogP contribution in [0, 0.1) is 0 Å². The molecular weight excluding hydrogens is 200 g/mol. The third kappa shape index (κ3) is 2.32. The van der Waals surface area contributed by atoms with Crippen LogP contribution in [-0.2, 0) is 9.53 Å². The molecule has 0 spiro atoms. The molecule has 1 aromatic rings. The smallest absolute Gasteiger partial charge is 0.330 e. The zero-order chi connectivity index (χ0) is 11.4. The molecule has 0 saturated heterocycles. The molecule has 0 amide bonds. The molecule has 1 aliphatic rings. The van der Waals surface area contributed by atoms with Crippen molar-refractivity contribution in [3.05, 3.63) is 47.5 Å². The summed E-state index contributed by atoms with van der Waals surface area (Å²) in [4.78, 5) is 11.2. The van der Waals surface area contributed by atoms with Gasteiger partial charge in [0.2, 0.25) is 0 Å². The van der Waals surface area contributed by atoms with Crippen LogP contribution >= 0.6 is 0 Å². The van der Waals surface area contributed by atoms with E-state index in [0.717, 1.165) is 19.3 Å². The van der Waals surface area contributed by atoms with Gasteiger partial charge in [0.05, 0.1) is 7.11 Å². The van der Waals surface area contributed by atoms with Crippen LogP contribution in [0.5, 0.6) is 0 Å². The van der Waals surface area contributed by atoms with Crippen LogP contribution in [0.25, 0.3) is 0 Å². The highest BCUT2D eigenvalue weighted by Gasteiger charge is 2.23. The van der Waals surface area contributed by atoms with Crippen molar-refractivity contribution in [3.63, 3.8) is 0 Å². The van der Waals surface area contributed by atoms with Gasteiger partial charge < -0.3 is 4.74 Å². The summed E-state index contributed by atoms with van der Waals surface area (Å²) in [7, 11) is 1.42. The molecule has 0 aromatic heterocycles. The van der Waals surface area contributed by atoms with Crippen LogP contribution in [0.4, 0.5) is 0 Å². The molecule has 0 bridgehead atoms. The van der Waals surface area contributed by atoms with Crippen molar-refractivity contribution < 1.29 is 9.53 Å². The largest absolute Gasteiger partial charge is 0.466 e. The number of hydrogen-bond donors (Lipinski definition) is 0. The van der Waals surface area contributed by atoms with Gasteiger partial charge in [-0.25, -0.2) is 4.79 Å². The van der Waals surface area contributed by atoms with E-state index in [2.05, 4.69) is 16.9 Å². The van der Waals surface area contributed by atoms with Gasteiger partial charge in [0, 0.05) is 12.0 Å². The quantitative estimate of drug-likeness (QED) is 0.561. The zero-order valence-corrected chi connectivity index (χ0v) is 9.48. The Bertz CT molecular complexity index is 392. The Morgan fingerprint density at radius 3 is 2.81 bits per heavy atom. The first-order valence-electron chi connectivity index (χ1n) is 5.64. The molecule has 1 saturated carbocycles. The number of hydrogen-bond acceptors (Lipinski definition) is 2. The number of methoxy groups -OCH3 is 1. The lowest BCUT2D eigenvalue weighted by molar-refractivity contribution is -0.134. The number of benzene rings is 1. The summed E-state index contributed by atoms with van der Waals surface area (Å²) in [5, 5.41) is 0. The van der Waals surface area contributed by atoms with Crippen molar-refractivity contribution in [3.8, 4) is 0 Å². The number of rotatable bonds is 2. The Labute approximate surface area is 95.9 Å². The van der Waals surface area contributed by atoms with Gasteiger partial charge in [0.1, 0.15) is 0 Å². The van der Waals surface area contributed by atoms with Crippen LogP contribution in [0.2, 0.25) is 0 Å². The van der Waals surface area contributed by atoms with E-state index in [-0.39, 0.29) is 5.97 Å². The fourth-order valence-electron chi connectivity index (χ4n) is 2.32. The van der Waals surface area contributed by atoms with E-state index >= 15 is 0 Å². The predicted octanol–water partition coefficient (Wildman–Crippen LogP) is 3.05. The van der Waals surface area contributed by atoms with Crippen LogP contribution < -0.4 is 0 Å². The normalized spacial score (nSPS) is 22.3. The molecule has 2 rings (SSSR count). The Morgan fingerprint density at radius 1 is 1.38 bits per heavy atom. The van der Waals surface area contributed by atoms with Crippen molar-refractivity contribution in [2.75, 3.05) is 7.11 Å². The number of allylic oxidation sites excluding steroid dienone is 1. The minimum absolute atomic E-state index is 0.238. The van der Waals surface area contributed by atoms with E-state index in [1.807, 2.05) is 18.2 Å². The summed E-state index contributed by atoms with van der Waals surface area (Å²) >= 11 is 0. The monoisotopic (exact) mass is 216 g/mol. The zero-order valence-electron chi connectivity index (χ0n) is 9.48. The summed E-state index contributed by atoms with van der Waals surface area (Å²) in [6, 6.07) is 10.4. The Balaban J connectivity index is 2.22. The van der Waals surface area contributed by atoms with Gasteiger partial charge in [0.15, 0.2) is 0 Å². The van der Waals surface area contributed by atoms with E-state index < -0.39 is 0 Å². The lowest BCUT2D eigenvalue weighted by Crippen LogP contribution is -2.01. The minimum Gasteiger partial charge on any atom is -0.466 e. The summed E-state index contributed by atoms with van der Waals surface area (Å²) < 4.78 is 4.68. The summed E-state index contributed by atoms with van der Waals surface area (Å²) in [5.41, 5.74) is 2.51. The van der Waals surface area contributed by atoms with Gasteiger partial charge in [-0.15, -0.1) is 0 Å². The van der Waals surface area contributed by atoms with Gasteiger partial charge in [-0.2, -0.15) is 0 Å². The van der Waals surface area contributed by atoms with Crippen molar-refractivity contribution >= 4 is 5.97 Å². The maximum Gasteiger partial charge on any atom is 0.330 e. The molecule has 0 N–H and O–H groups in total. The lowest BCUT2D eigenvalue weighted by atomic mass is 9.93. The molecule has 2 nitrogen and oxygen atoms in total. The minimum atomic E-state index is -0.238. The number of carbonyl (C=O) groups is 1. The van der Waals surface area contributed by atoms with Crippen molar-refractivity contribution in [1.82, 2.24) is 0 Å². The molecule has 0 radical (unpaired) electrons. The predicted molar refractivity (Wildman–Crippen MR) is 63.1 cm³/mol.